The molecule has 0 unspecified atom stereocenters. The third kappa shape index (κ3) is 4.44. The van der Waals surface area contributed by atoms with Gasteiger partial charge < -0.3 is 9.47 Å². The number of ether oxygens (including phenoxy) is 2. The molecule has 1 aromatic carbocycles. The lowest BCUT2D eigenvalue weighted by atomic mass is 10.1. The van der Waals surface area contributed by atoms with Crippen LogP contribution >= 0.6 is 0 Å². The molecule has 0 saturated carbocycles. The molecule has 7 heteroatoms. The minimum Gasteiger partial charge on any atom is -0.457 e. The lowest BCUT2D eigenvalue weighted by molar-refractivity contribution is -0.274. The summed E-state index contributed by atoms with van der Waals surface area (Å²) < 4.78 is 44.4. The first kappa shape index (κ1) is 14.0. The zero-order valence-corrected chi connectivity index (χ0v) is 9.28. The topological polar surface area (TPSA) is 52.6 Å². The van der Waals surface area contributed by atoms with Crippen LogP contribution in [0.5, 0.6) is 5.75 Å². The number of halogens is 3. The Morgan fingerprint density at radius 2 is 1.83 bits per heavy atom. The largest absolute Gasteiger partial charge is 0.573 e. The first-order valence-electron chi connectivity index (χ1n) is 4.81. The van der Waals surface area contributed by atoms with Crippen LogP contribution in [0.4, 0.5) is 13.2 Å². The van der Waals surface area contributed by atoms with E-state index in [-0.39, 0.29) is 5.56 Å². The van der Waals surface area contributed by atoms with Crippen molar-refractivity contribution in [2.24, 2.45) is 0 Å². The fraction of sp³-hybridized carbons (Fsp3) is 0.273. The van der Waals surface area contributed by atoms with E-state index in [1.165, 1.54) is 12.1 Å². The molecule has 0 radical (unpaired) electrons. The maximum Gasteiger partial charge on any atom is 0.573 e. The molecular weight excluding hydrogens is 253 g/mol. The Morgan fingerprint density at radius 3 is 2.39 bits per heavy atom. The minimum atomic E-state index is -4.89. The Hall–Kier alpha value is -2.05. The number of carbonyl (C=O) groups is 2. The van der Waals surface area contributed by atoms with Crippen molar-refractivity contribution in [3.8, 4) is 5.75 Å². The van der Waals surface area contributed by atoms with Gasteiger partial charge in [-0.25, -0.2) is 0 Å². The molecule has 0 atom stereocenters. The van der Waals surface area contributed by atoms with Gasteiger partial charge in [0.2, 0.25) is 5.78 Å². The van der Waals surface area contributed by atoms with Gasteiger partial charge in [0.05, 0.1) is 5.56 Å². The molecule has 0 heterocycles. The maximum absolute atomic E-state index is 12.1. The third-order valence-electron chi connectivity index (χ3n) is 1.82. The fourth-order valence-corrected chi connectivity index (χ4v) is 1.16. The van der Waals surface area contributed by atoms with Gasteiger partial charge in [0.1, 0.15) is 5.75 Å². The molecular formula is C11H9F3O4. The van der Waals surface area contributed by atoms with Crippen molar-refractivity contribution in [3.63, 3.8) is 0 Å². The summed E-state index contributed by atoms with van der Waals surface area (Å²) in [5, 5.41) is 0. The lowest BCUT2D eigenvalue weighted by Gasteiger charge is -2.12. The van der Waals surface area contributed by atoms with Crippen LogP contribution in [-0.4, -0.2) is 24.7 Å². The predicted molar refractivity (Wildman–Crippen MR) is 54.1 cm³/mol. The van der Waals surface area contributed by atoms with Gasteiger partial charge in [0.25, 0.3) is 0 Å². The highest BCUT2D eigenvalue weighted by Gasteiger charge is 2.32. The van der Waals surface area contributed by atoms with Crippen molar-refractivity contribution in [2.75, 3.05) is 6.61 Å². The molecule has 0 aliphatic heterocycles. The number of rotatable bonds is 4. The smallest absolute Gasteiger partial charge is 0.457 e. The van der Waals surface area contributed by atoms with Gasteiger partial charge in [-0.1, -0.05) is 12.1 Å². The van der Waals surface area contributed by atoms with Crippen LogP contribution in [0, 0.1) is 0 Å². The van der Waals surface area contributed by atoms with Crippen molar-refractivity contribution < 1.29 is 32.2 Å². The predicted octanol–water partition coefficient (Wildman–Crippen LogP) is 2.33. The van der Waals surface area contributed by atoms with Crippen LogP contribution in [0.3, 0.4) is 0 Å². The van der Waals surface area contributed by atoms with Gasteiger partial charge in [-0.15, -0.1) is 13.2 Å². The van der Waals surface area contributed by atoms with Gasteiger partial charge in [-0.2, -0.15) is 0 Å². The highest BCUT2D eigenvalue weighted by atomic mass is 19.4. The van der Waals surface area contributed by atoms with Gasteiger partial charge in [0, 0.05) is 6.92 Å². The second-order valence-electron chi connectivity index (χ2n) is 3.25. The molecule has 0 spiro atoms. The molecule has 0 aliphatic rings. The van der Waals surface area contributed by atoms with Crippen molar-refractivity contribution in [1.82, 2.24) is 0 Å². The Labute approximate surface area is 100 Å². The van der Waals surface area contributed by atoms with E-state index in [0.29, 0.717) is 0 Å². The van der Waals surface area contributed by atoms with E-state index in [4.69, 9.17) is 0 Å². The number of hydrogen-bond acceptors (Lipinski definition) is 4. The Balaban J connectivity index is 2.88. The number of para-hydroxylation sites is 1. The first-order valence-corrected chi connectivity index (χ1v) is 4.81. The van der Waals surface area contributed by atoms with Gasteiger partial charge in [-0.3, -0.25) is 9.59 Å². The SMILES string of the molecule is CC(=O)OCC(=O)c1ccccc1OC(F)(F)F. The zero-order chi connectivity index (χ0) is 13.8. The summed E-state index contributed by atoms with van der Waals surface area (Å²) in [6.07, 6.45) is -4.89. The van der Waals surface area contributed by atoms with E-state index in [9.17, 15) is 22.8 Å². The number of carbonyl (C=O) groups excluding carboxylic acids is 2. The van der Waals surface area contributed by atoms with Crippen molar-refractivity contribution in [1.29, 1.82) is 0 Å². The van der Waals surface area contributed by atoms with E-state index >= 15 is 0 Å². The maximum atomic E-state index is 12.1. The lowest BCUT2D eigenvalue weighted by Crippen LogP contribution is -2.20. The van der Waals surface area contributed by atoms with Crippen LogP contribution in [0.15, 0.2) is 24.3 Å². The van der Waals surface area contributed by atoms with Crippen LogP contribution in [0.25, 0.3) is 0 Å². The zero-order valence-electron chi connectivity index (χ0n) is 9.28. The second kappa shape index (κ2) is 5.52. The van der Waals surface area contributed by atoms with E-state index in [1.807, 2.05) is 0 Å². The molecule has 0 N–H and O–H groups in total. The average Bonchev–Trinajstić information content (AvgIpc) is 2.24. The number of hydrogen-bond donors (Lipinski definition) is 0. The summed E-state index contributed by atoms with van der Waals surface area (Å²) in [5.41, 5.74) is -0.295. The molecule has 4 nitrogen and oxygen atoms in total. The molecule has 0 amide bonds. The summed E-state index contributed by atoms with van der Waals surface area (Å²) >= 11 is 0. The summed E-state index contributed by atoms with van der Waals surface area (Å²) in [4.78, 5) is 22.0. The van der Waals surface area contributed by atoms with E-state index in [1.54, 1.807) is 0 Å². The number of Topliss-reactive ketones (excluding diaryl/α,β-unsaturated/α-hetero) is 1. The standard InChI is InChI=1S/C11H9F3O4/c1-7(15)17-6-9(16)8-4-2-3-5-10(8)18-11(12,13)14/h2-5H,6H2,1H3. The normalized spacial score (nSPS) is 10.9. The van der Waals surface area contributed by atoms with Crippen molar-refractivity contribution >= 4 is 11.8 Å². The van der Waals surface area contributed by atoms with E-state index in [2.05, 4.69) is 9.47 Å². The Morgan fingerprint density at radius 1 is 1.22 bits per heavy atom. The van der Waals surface area contributed by atoms with Gasteiger partial charge in [0.15, 0.2) is 6.61 Å². The van der Waals surface area contributed by atoms with Gasteiger partial charge in [-0.05, 0) is 12.1 Å². The minimum absolute atomic E-state index is 0.295. The first-order chi connectivity index (χ1) is 8.29. The van der Waals surface area contributed by atoms with Crippen LogP contribution in [0.2, 0.25) is 0 Å². The highest BCUT2D eigenvalue weighted by Crippen LogP contribution is 2.26. The van der Waals surface area contributed by atoms with Crippen LogP contribution in [0.1, 0.15) is 17.3 Å². The fourth-order valence-electron chi connectivity index (χ4n) is 1.16. The molecule has 18 heavy (non-hydrogen) atoms. The Bertz CT molecular complexity index is 454. The number of benzene rings is 1. The third-order valence-corrected chi connectivity index (χ3v) is 1.82. The van der Waals surface area contributed by atoms with Crippen LogP contribution in [-0.2, 0) is 9.53 Å². The molecule has 0 bridgehead atoms. The second-order valence-corrected chi connectivity index (χ2v) is 3.25. The highest BCUT2D eigenvalue weighted by molar-refractivity contribution is 6.00. The average molecular weight is 262 g/mol. The number of ketones is 1. The molecule has 0 aromatic heterocycles. The Kier molecular flexibility index (Phi) is 4.30. The van der Waals surface area contributed by atoms with E-state index in [0.717, 1.165) is 19.1 Å². The summed E-state index contributed by atoms with van der Waals surface area (Å²) in [7, 11) is 0. The summed E-state index contributed by atoms with van der Waals surface area (Å²) in [5.74, 6) is -2.09. The van der Waals surface area contributed by atoms with Crippen LogP contribution < -0.4 is 4.74 Å². The number of alkyl halides is 3. The molecule has 0 fully saturated rings. The molecule has 1 aromatic rings. The summed E-state index contributed by atoms with van der Waals surface area (Å²) in [6.45, 7) is 0.457. The molecule has 98 valence electrons. The quantitative estimate of drug-likeness (QED) is 0.617. The molecule has 1 rings (SSSR count). The summed E-state index contributed by atoms with van der Waals surface area (Å²) in [6, 6.07) is 4.84. The van der Waals surface area contributed by atoms with Crippen molar-refractivity contribution in [2.45, 2.75) is 13.3 Å². The van der Waals surface area contributed by atoms with E-state index < -0.39 is 30.5 Å². The molecule has 0 aliphatic carbocycles. The molecule has 0 saturated heterocycles. The monoisotopic (exact) mass is 262 g/mol. The van der Waals surface area contributed by atoms with Gasteiger partial charge >= 0.3 is 12.3 Å². The number of esters is 1. The van der Waals surface area contributed by atoms with Crippen molar-refractivity contribution in [3.05, 3.63) is 29.8 Å².